The first kappa shape index (κ1) is 20.6. The van der Waals surface area contributed by atoms with Gasteiger partial charge in [0.05, 0.1) is 5.52 Å². The van der Waals surface area contributed by atoms with Crippen LogP contribution >= 0.6 is 11.8 Å². The van der Waals surface area contributed by atoms with Gasteiger partial charge in [-0.05, 0) is 26.0 Å². The Kier molecular flexibility index (Phi) is 5.69. The average Bonchev–Trinajstić information content (AvgIpc) is 2.97. The van der Waals surface area contributed by atoms with E-state index in [1.165, 1.54) is 19.9 Å². The Morgan fingerprint density at radius 3 is 2.57 bits per heavy atom. The molecular weight excluding hydrogens is 415 g/mol. The van der Waals surface area contributed by atoms with Crippen molar-refractivity contribution in [1.29, 1.82) is 0 Å². The van der Waals surface area contributed by atoms with Crippen LogP contribution in [0.2, 0.25) is 0 Å². The van der Waals surface area contributed by atoms with Crippen molar-refractivity contribution in [3.63, 3.8) is 0 Å². The summed E-state index contributed by atoms with van der Waals surface area (Å²) in [6, 6.07) is 7.49. The van der Waals surface area contributed by atoms with Gasteiger partial charge in [0.2, 0.25) is 10.0 Å². The molecule has 0 aliphatic carbocycles. The molecule has 2 heterocycles. The summed E-state index contributed by atoms with van der Waals surface area (Å²) in [5, 5.41) is 4.19. The molecule has 0 saturated heterocycles. The van der Waals surface area contributed by atoms with Gasteiger partial charge >= 0.3 is 6.18 Å². The molecule has 0 aliphatic rings. The highest BCUT2D eigenvalue weighted by Crippen LogP contribution is 2.34. The van der Waals surface area contributed by atoms with Gasteiger partial charge in [-0.15, -0.1) is 11.8 Å². The number of aromatic nitrogens is 2. The minimum absolute atomic E-state index is 0.0220. The smallest absolute Gasteiger partial charge is 0.360 e. The van der Waals surface area contributed by atoms with Crippen molar-refractivity contribution in [3.8, 4) is 0 Å². The fraction of sp³-hybridized carbons (Fsp3) is 0.294. The number of nitrogens with zero attached hydrogens (tertiary/aromatic N) is 2. The van der Waals surface area contributed by atoms with E-state index in [9.17, 15) is 21.6 Å². The molecule has 1 N–H and O–H groups in total. The van der Waals surface area contributed by atoms with Crippen LogP contribution < -0.4 is 4.72 Å². The number of fused-ring (bicyclic) bond motifs is 1. The first-order valence-corrected chi connectivity index (χ1v) is 10.6. The molecule has 2 aromatic heterocycles. The van der Waals surface area contributed by atoms with Crippen molar-refractivity contribution in [1.82, 2.24) is 14.9 Å². The van der Waals surface area contributed by atoms with Gasteiger partial charge in [-0.2, -0.15) is 13.2 Å². The molecule has 0 radical (unpaired) electrons. The number of rotatable bonds is 6. The highest BCUT2D eigenvalue weighted by Gasteiger charge is 2.33. The first-order chi connectivity index (χ1) is 13.1. The van der Waals surface area contributed by atoms with Gasteiger partial charge in [0.1, 0.15) is 16.3 Å². The van der Waals surface area contributed by atoms with Gasteiger partial charge in [0.15, 0.2) is 5.76 Å². The van der Waals surface area contributed by atoms with Crippen molar-refractivity contribution >= 4 is 32.7 Å². The Morgan fingerprint density at radius 1 is 1.21 bits per heavy atom. The van der Waals surface area contributed by atoms with E-state index in [1.54, 1.807) is 18.2 Å². The van der Waals surface area contributed by atoms with Crippen molar-refractivity contribution < 1.29 is 26.1 Å². The molecule has 0 spiro atoms. The number of aryl methyl sites for hydroxylation is 2. The number of para-hydroxylation sites is 1. The van der Waals surface area contributed by atoms with E-state index in [1.807, 2.05) is 0 Å². The van der Waals surface area contributed by atoms with E-state index in [0.29, 0.717) is 10.3 Å². The fourth-order valence-electron chi connectivity index (χ4n) is 2.68. The molecule has 11 heteroatoms. The number of thioether (sulfide) groups is 1. The predicted molar refractivity (Wildman–Crippen MR) is 98.6 cm³/mol. The highest BCUT2D eigenvalue weighted by atomic mass is 32.2. The predicted octanol–water partition coefficient (Wildman–Crippen LogP) is 3.93. The summed E-state index contributed by atoms with van der Waals surface area (Å²) in [6.45, 7) is 3.03. The number of hydrogen-bond acceptors (Lipinski definition) is 6. The average molecular weight is 431 g/mol. The van der Waals surface area contributed by atoms with Crippen molar-refractivity contribution in [2.24, 2.45) is 0 Å². The van der Waals surface area contributed by atoms with Crippen LogP contribution in [-0.2, 0) is 16.2 Å². The Labute approximate surface area is 163 Å². The van der Waals surface area contributed by atoms with E-state index in [2.05, 4.69) is 14.9 Å². The number of hydrogen-bond donors (Lipinski definition) is 1. The normalized spacial score (nSPS) is 12.6. The van der Waals surface area contributed by atoms with Gasteiger partial charge in [-0.25, -0.2) is 18.1 Å². The Bertz CT molecular complexity index is 1090. The lowest BCUT2D eigenvalue weighted by Crippen LogP contribution is -2.26. The Hall–Kier alpha value is -2.11. The lowest BCUT2D eigenvalue weighted by atomic mass is 10.2. The Balaban J connectivity index is 1.75. The summed E-state index contributed by atoms with van der Waals surface area (Å²) in [4.78, 5) is 4.02. The van der Waals surface area contributed by atoms with Crippen molar-refractivity contribution in [2.45, 2.75) is 29.8 Å². The maximum absolute atomic E-state index is 13.1. The largest absolute Gasteiger partial charge is 0.433 e. The molecule has 0 saturated carbocycles. The third kappa shape index (κ3) is 4.31. The standard InChI is InChI=1S/C17H16F3N3O3S2/c1-10-16(11(2)26-23-10)28(24,25)21-7-8-27-14-9-15(17(18,19)20)22-13-6-4-3-5-12(13)14/h3-6,9,21H,7-8H2,1-2H3. The molecule has 3 aromatic rings. The van der Waals surface area contributed by atoms with E-state index < -0.39 is 21.9 Å². The zero-order chi connectivity index (χ0) is 20.5. The molecule has 0 amide bonds. The summed E-state index contributed by atoms with van der Waals surface area (Å²) in [6.07, 6.45) is -4.57. The summed E-state index contributed by atoms with van der Waals surface area (Å²) >= 11 is 1.12. The minimum atomic E-state index is -4.57. The Morgan fingerprint density at radius 2 is 1.93 bits per heavy atom. The van der Waals surface area contributed by atoms with Gasteiger partial charge in [0.25, 0.3) is 0 Å². The molecule has 0 unspecified atom stereocenters. The zero-order valence-electron chi connectivity index (χ0n) is 14.9. The second kappa shape index (κ2) is 7.72. The number of nitrogens with one attached hydrogen (secondary N) is 1. The number of halogens is 3. The van der Waals surface area contributed by atoms with E-state index in [0.717, 1.165) is 17.8 Å². The molecule has 3 rings (SSSR count). The summed E-state index contributed by atoms with van der Waals surface area (Å²) < 4.78 is 71.3. The second-order valence-electron chi connectivity index (χ2n) is 5.92. The molecule has 150 valence electrons. The van der Waals surface area contributed by atoms with Crippen LogP contribution in [0.25, 0.3) is 10.9 Å². The van der Waals surface area contributed by atoms with Crippen LogP contribution in [0.5, 0.6) is 0 Å². The fourth-order valence-corrected chi connectivity index (χ4v) is 5.11. The molecule has 0 fully saturated rings. The van der Waals surface area contributed by atoms with Crippen LogP contribution in [0.1, 0.15) is 17.1 Å². The molecular formula is C17H16F3N3O3S2. The second-order valence-corrected chi connectivity index (χ2v) is 8.76. The quantitative estimate of drug-likeness (QED) is 0.470. The van der Waals surface area contributed by atoms with Crippen LogP contribution in [0.15, 0.2) is 44.6 Å². The summed E-state index contributed by atoms with van der Waals surface area (Å²) in [5.41, 5.74) is -0.506. The lowest BCUT2D eigenvalue weighted by molar-refractivity contribution is -0.141. The van der Waals surface area contributed by atoms with Crippen molar-refractivity contribution in [3.05, 3.63) is 47.5 Å². The minimum Gasteiger partial charge on any atom is -0.360 e. The molecule has 1 aromatic carbocycles. The van der Waals surface area contributed by atoms with Crippen LogP contribution in [0.4, 0.5) is 13.2 Å². The first-order valence-electron chi connectivity index (χ1n) is 8.12. The lowest BCUT2D eigenvalue weighted by Gasteiger charge is -2.12. The number of benzene rings is 1. The van der Waals surface area contributed by atoms with Gasteiger partial charge < -0.3 is 4.52 Å². The molecule has 6 nitrogen and oxygen atoms in total. The number of pyridine rings is 1. The van der Waals surface area contributed by atoms with E-state index in [-0.39, 0.29) is 34.2 Å². The van der Waals surface area contributed by atoms with Crippen LogP contribution in [0.3, 0.4) is 0 Å². The third-order valence-corrected chi connectivity index (χ3v) is 6.62. The van der Waals surface area contributed by atoms with E-state index >= 15 is 0 Å². The summed E-state index contributed by atoms with van der Waals surface area (Å²) in [7, 11) is -3.82. The van der Waals surface area contributed by atoms with Gasteiger partial charge in [-0.1, -0.05) is 23.4 Å². The summed E-state index contributed by atoms with van der Waals surface area (Å²) in [5.74, 6) is 0.404. The van der Waals surface area contributed by atoms with Gasteiger partial charge in [-0.3, -0.25) is 0 Å². The number of sulfonamides is 1. The highest BCUT2D eigenvalue weighted by molar-refractivity contribution is 7.99. The maximum Gasteiger partial charge on any atom is 0.433 e. The molecule has 0 bridgehead atoms. The third-order valence-electron chi connectivity index (χ3n) is 3.86. The zero-order valence-corrected chi connectivity index (χ0v) is 16.5. The maximum atomic E-state index is 13.1. The van der Waals surface area contributed by atoms with Crippen molar-refractivity contribution in [2.75, 3.05) is 12.3 Å². The van der Waals surface area contributed by atoms with Gasteiger partial charge in [0, 0.05) is 22.6 Å². The molecule has 0 atom stereocenters. The van der Waals surface area contributed by atoms with E-state index in [4.69, 9.17) is 4.52 Å². The monoisotopic (exact) mass is 431 g/mol. The molecule has 0 aliphatic heterocycles. The molecule has 28 heavy (non-hydrogen) atoms. The topological polar surface area (TPSA) is 85.1 Å². The van der Waals surface area contributed by atoms with Crippen LogP contribution in [-0.4, -0.2) is 30.9 Å². The van der Waals surface area contributed by atoms with Crippen LogP contribution in [0, 0.1) is 13.8 Å². The number of alkyl halides is 3. The SMILES string of the molecule is Cc1noc(C)c1S(=O)(=O)NCCSc1cc(C(F)(F)F)nc2ccccc12.